The van der Waals surface area contributed by atoms with Gasteiger partial charge in [-0.2, -0.15) is 0 Å². The predicted octanol–water partition coefficient (Wildman–Crippen LogP) is 4.94. The highest BCUT2D eigenvalue weighted by Crippen LogP contribution is 2.30. The minimum atomic E-state index is -0.323. The Morgan fingerprint density at radius 3 is 2.67 bits per heavy atom. The number of aryl methyl sites for hydroxylation is 1. The molecular formula is C15H11ClFN. The Morgan fingerprint density at radius 2 is 1.89 bits per heavy atom. The largest absolute Gasteiger partial charge is 0.354 e. The Kier molecular flexibility index (Phi) is 2.60. The van der Waals surface area contributed by atoms with Crippen molar-refractivity contribution >= 4 is 22.5 Å². The number of hydrogen-bond donors (Lipinski definition) is 1. The van der Waals surface area contributed by atoms with Crippen molar-refractivity contribution in [1.82, 2.24) is 4.98 Å². The zero-order chi connectivity index (χ0) is 12.7. The normalized spacial score (nSPS) is 11.1. The Bertz CT molecular complexity index is 730. The van der Waals surface area contributed by atoms with Gasteiger partial charge in [0, 0.05) is 22.2 Å². The molecule has 1 nitrogen and oxygen atoms in total. The molecule has 1 aromatic heterocycles. The quantitative estimate of drug-likeness (QED) is 0.637. The number of halogens is 2. The lowest BCUT2D eigenvalue weighted by Crippen LogP contribution is -1.81. The van der Waals surface area contributed by atoms with Crippen LogP contribution in [0.5, 0.6) is 0 Å². The van der Waals surface area contributed by atoms with E-state index < -0.39 is 0 Å². The molecule has 0 unspecified atom stereocenters. The molecule has 1 N–H and O–H groups in total. The number of H-pyrrole nitrogens is 1. The van der Waals surface area contributed by atoms with Crippen LogP contribution in [-0.2, 0) is 0 Å². The van der Waals surface area contributed by atoms with E-state index in [2.05, 4.69) is 24.0 Å². The van der Waals surface area contributed by atoms with Gasteiger partial charge in [-0.25, -0.2) is 4.39 Å². The van der Waals surface area contributed by atoms with Crippen LogP contribution in [0.4, 0.5) is 4.39 Å². The minimum Gasteiger partial charge on any atom is -0.354 e. The third kappa shape index (κ3) is 1.89. The van der Waals surface area contributed by atoms with Crippen molar-refractivity contribution in [3.63, 3.8) is 0 Å². The molecule has 3 aromatic rings. The lowest BCUT2D eigenvalue weighted by atomic mass is 10.1. The Hall–Kier alpha value is -1.80. The zero-order valence-electron chi connectivity index (χ0n) is 9.80. The molecule has 0 amide bonds. The first kappa shape index (κ1) is 11.3. The summed E-state index contributed by atoms with van der Waals surface area (Å²) in [4.78, 5) is 3.29. The fraction of sp³-hybridized carbons (Fsp3) is 0.0667. The fourth-order valence-corrected chi connectivity index (χ4v) is 2.37. The van der Waals surface area contributed by atoms with Crippen LogP contribution in [0.25, 0.3) is 22.2 Å². The van der Waals surface area contributed by atoms with E-state index >= 15 is 0 Å². The summed E-state index contributed by atoms with van der Waals surface area (Å²) in [6, 6.07) is 12.6. The maximum absolute atomic E-state index is 13.0. The van der Waals surface area contributed by atoms with Gasteiger partial charge in [0.25, 0.3) is 0 Å². The van der Waals surface area contributed by atoms with Crippen LogP contribution >= 0.6 is 11.6 Å². The van der Waals surface area contributed by atoms with Gasteiger partial charge >= 0.3 is 0 Å². The maximum atomic E-state index is 13.0. The first-order valence-electron chi connectivity index (χ1n) is 5.68. The van der Waals surface area contributed by atoms with Crippen LogP contribution < -0.4 is 0 Å². The second kappa shape index (κ2) is 4.14. The molecule has 0 radical (unpaired) electrons. The van der Waals surface area contributed by atoms with Crippen LogP contribution in [0.1, 0.15) is 5.56 Å². The molecule has 0 bridgehead atoms. The Morgan fingerprint density at radius 1 is 1.06 bits per heavy atom. The van der Waals surface area contributed by atoms with E-state index in [4.69, 9.17) is 11.6 Å². The molecule has 0 aliphatic heterocycles. The lowest BCUT2D eigenvalue weighted by Gasteiger charge is -2.01. The first-order chi connectivity index (χ1) is 8.63. The van der Waals surface area contributed by atoms with Gasteiger partial charge in [-0.05, 0) is 43.3 Å². The van der Waals surface area contributed by atoms with E-state index in [0.29, 0.717) is 5.02 Å². The second-order valence-electron chi connectivity index (χ2n) is 4.40. The number of hydrogen-bond acceptors (Lipinski definition) is 0. The molecule has 0 fully saturated rings. The van der Waals surface area contributed by atoms with Crippen molar-refractivity contribution in [1.29, 1.82) is 0 Å². The van der Waals surface area contributed by atoms with Crippen molar-refractivity contribution in [3.05, 3.63) is 58.9 Å². The van der Waals surface area contributed by atoms with E-state index in [1.54, 1.807) is 6.07 Å². The summed E-state index contributed by atoms with van der Waals surface area (Å²) >= 11 is 6.06. The van der Waals surface area contributed by atoms with Gasteiger partial charge in [0.1, 0.15) is 5.82 Å². The summed E-state index contributed by atoms with van der Waals surface area (Å²) in [5, 5.41) is 1.55. The third-order valence-corrected chi connectivity index (χ3v) is 3.31. The molecule has 0 spiro atoms. The zero-order valence-corrected chi connectivity index (χ0v) is 10.6. The topological polar surface area (TPSA) is 15.8 Å². The molecular weight excluding hydrogens is 249 g/mol. The second-order valence-corrected chi connectivity index (χ2v) is 4.81. The summed E-state index contributed by atoms with van der Waals surface area (Å²) in [6.45, 7) is 2.05. The fourth-order valence-electron chi connectivity index (χ4n) is 2.11. The molecule has 0 saturated carbocycles. The molecule has 90 valence electrons. The summed E-state index contributed by atoms with van der Waals surface area (Å²) in [6.07, 6.45) is 0. The van der Waals surface area contributed by atoms with Crippen LogP contribution in [-0.4, -0.2) is 4.98 Å². The van der Waals surface area contributed by atoms with Crippen LogP contribution in [0, 0.1) is 12.7 Å². The molecule has 1 heterocycles. The van der Waals surface area contributed by atoms with Crippen LogP contribution in [0.2, 0.25) is 5.02 Å². The average molecular weight is 260 g/mol. The molecule has 0 saturated heterocycles. The van der Waals surface area contributed by atoms with Gasteiger partial charge in [-0.1, -0.05) is 23.2 Å². The molecule has 3 heteroatoms. The number of aromatic amines is 1. The van der Waals surface area contributed by atoms with Gasteiger partial charge < -0.3 is 4.98 Å². The number of nitrogens with one attached hydrogen (secondary N) is 1. The van der Waals surface area contributed by atoms with Gasteiger partial charge in [0.15, 0.2) is 0 Å². The monoisotopic (exact) mass is 259 g/mol. The summed E-state index contributed by atoms with van der Waals surface area (Å²) < 4.78 is 13.0. The van der Waals surface area contributed by atoms with Crippen molar-refractivity contribution in [2.75, 3.05) is 0 Å². The molecule has 0 aliphatic carbocycles. The number of rotatable bonds is 1. The Labute approximate surface area is 109 Å². The van der Waals surface area contributed by atoms with Crippen molar-refractivity contribution in [2.24, 2.45) is 0 Å². The van der Waals surface area contributed by atoms with E-state index in [9.17, 15) is 4.39 Å². The third-order valence-electron chi connectivity index (χ3n) is 3.00. The minimum absolute atomic E-state index is 0.323. The van der Waals surface area contributed by atoms with Gasteiger partial charge in [0.05, 0.1) is 5.02 Å². The van der Waals surface area contributed by atoms with Crippen molar-refractivity contribution in [2.45, 2.75) is 6.92 Å². The molecule has 3 rings (SSSR count). The summed E-state index contributed by atoms with van der Waals surface area (Å²) in [5.74, 6) is -0.323. The van der Waals surface area contributed by atoms with E-state index in [-0.39, 0.29) is 5.82 Å². The smallest absolute Gasteiger partial charge is 0.124 e. The SMILES string of the molecule is Cc1ccc2[nH]c(-c3ccc(F)cc3Cl)cc2c1. The van der Waals surface area contributed by atoms with Gasteiger partial charge in [-0.15, -0.1) is 0 Å². The predicted molar refractivity (Wildman–Crippen MR) is 73.4 cm³/mol. The number of aromatic nitrogens is 1. The van der Waals surface area contributed by atoms with Crippen LogP contribution in [0.3, 0.4) is 0 Å². The standard InChI is InChI=1S/C15H11ClFN/c1-9-2-5-14-10(6-9)7-15(18-14)12-4-3-11(17)8-13(12)16/h2-8,18H,1H3. The highest BCUT2D eigenvalue weighted by atomic mass is 35.5. The van der Waals surface area contributed by atoms with E-state index in [1.165, 1.54) is 17.7 Å². The summed E-state index contributed by atoms with van der Waals surface area (Å²) in [5.41, 5.74) is 3.97. The molecule has 18 heavy (non-hydrogen) atoms. The van der Waals surface area contributed by atoms with E-state index in [0.717, 1.165) is 22.2 Å². The number of fused-ring (bicyclic) bond motifs is 1. The average Bonchev–Trinajstić information content (AvgIpc) is 2.71. The molecule has 0 atom stereocenters. The molecule has 0 aliphatic rings. The van der Waals surface area contributed by atoms with Crippen molar-refractivity contribution < 1.29 is 4.39 Å². The first-order valence-corrected chi connectivity index (χ1v) is 6.06. The van der Waals surface area contributed by atoms with Gasteiger partial charge in [-0.3, -0.25) is 0 Å². The van der Waals surface area contributed by atoms with Crippen molar-refractivity contribution in [3.8, 4) is 11.3 Å². The molecule has 2 aromatic carbocycles. The summed E-state index contributed by atoms with van der Waals surface area (Å²) in [7, 11) is 0. The van der Waals surface area contributed by atoms with Crippen LogP contribution in [0.15, 0.2) is 42.5 Å². The maximum Gasteiger partial charge on any atom is 0.124 e. The van der Waals surface area contributed by atoms with Gasteiger partial charge in [0.2, 0.25) is 0 Å². The highest BCUT2D eigenvalue weighted by Gasteiger charge is 2.08. The highest BCUT2D eigenvalue weighted by molar-refractivity contribution is 6.33. The lowest BCUT2D eigenvalue weighted by molar-refractivity contribution is 0.628. The Balaban J connectivity index is 2.19. The van der Waals surface area contributed by atoms with E-state index in [1.807, 2.05) is 12.1 Å². The number of benzene rings is 2.